The van der Waals surface area contributed by atoms with E-state index in [1.54, 1.807) is 19.7 Å². The Morgan fingerprint density at radius 1 is 0.562 bits per heavy atom. The molecule has 0 saturated carbocycles. The molecule has 0 aliphatic rings. The average Bonchev–Trinajstić information content (AvgIpc) is 2.79. The van der Waals surface area contributed by atoms with Gasteiger partial charge in [0.2, 0.25) is 34.1 Å². The van der Waals surface area contributed by atoms with Crippen LogP contribution in [0, 0.1) is 0 Å². The van der Waals surface area contributed by atoms with Gasteiger partial charge in [0.15, 0.2) is 0 Å². The van der Waals surface area contributed by atoms with Gasteiger partial charge in [-0.2, -0.15) is 29.9 Å². The SMILES string of the molecule is CCNc1nc(SSSSc2nc(NCC)nc(N(CC)CC)n2)nc(N(CC)CC)n1. The summed E-state index contributed by atoms with van der Waals surface area (Å²) in [5, 5.41) is 7.72. The van der Waals surface area contributed by atoms with E-state index < -0.39 is 0 Å². The standard InChI is InChI=1S/C18H32N10S4/c1-7-19-13-21-15(27(9-3)10-4)25-17(23-13)29-31-32-30-18-24-14(20-8-2)22-16(26-18)28(11-5)12-6/h7-12H2,1-6H3,(H,19,21,23,25)(H,20,22,24,26). The monoisotopic (exact) mass is 516 g/mol. The number of aromatic nitrogens is 6. The Hall–Kier alpha value is -1.38. The van der Waals surface area contributed by atoms with Crippen LogP contribution in [0.4, 0.5) is 23.8 Å². The van der Waals surface area contributed by atoms with Crippen molar-refractivity contribution < 1.29 is 0 Å². The highest BCUT2D eigenvalue weighted by molar-refractivity contribution is 9.26. The second kappa shape index (κ2) is 14.7. The fraction of sp³-hybridized carbons (Fsp3) is 0.667. The highest BCUT2D eigenvalue weighted by Crippen LogP contribution is 2.48. The minimum absolute atomic E-state index is 0.599. The van der Waals surface area contributed by atoms with Crippen molar-refractivity contribution in [1.82, 2.24) is 29.9 Å². The van der Waals surface area contributed by atoms with Crippen molar-refractivity contribution in [1.29, 1.82) is 0 Å². The zero-order valence-electron chi connectivity index (χ0n) is 19.5. The third kappa shape index (κ3) is 8.19. The smallest absolute Gasteiger partial charge is 0.231 e. The maximum absolute atomic E-state index is 4.63. The van der Waals surface area contributed by atoms with Gasteiger partial charge in [0, 0.05) is 39.3 Å². The first-order valence-electron chi connectivity index (χ1n) is 10.8. The van der Waals surface area contributed by atoms with Crippen molar-refractivity contribution in [2.24, 2.45) is 0 Å². The number of nitrogens with one attached hydrogen (secondary N) is 2. The maximum Gasteiger partial charge on any atom is 0.231 e. The van der Waals surface area contributed by atoms with Gasteiger partial charge in [-0.15, -0.1) is 0 Å². The predicted molar refractivity (Wildman–Crippen MR) is 142 cm³/mol. The molecular formula is C18H32N10S4. The lowest BCUT2D eigenvalue weighted by molar-refractivity contribution is 0.783. The highest BCUT2D eigenvalue weighted by Gasteiger charge is 2.14. The van der Waals surface area contributed by atoms with Crippen LogP contribution in [0.15, 0.2) is 10.3 Å². The Morgan fingerprint density at radius 3 is 1.25 bits per heavy atom. The molecule has 0 amide bonds. The normalized spacial score (nSPS) is 10.8. The summed E-state index contributed by atoms with van der Waals surface area (Å²) in [6.07, 6.45) is 0. The molecule has 2 rings (SSSR count). The van der Waals surface area contributed by atoms with E-state index in [4.69, 9.17) is 0 Å². The van der Waals surface area contributed by atoms with Gasteiger partial charge in [0.25, 0.3) is 0 Å². The van der Waals surface area contributed by atoms with E-state index in [0.717, 1.165) is 39.3 Å². The molecule has 2 aromatic rings. The third-order valence-electron chi connectivity index (χ3n) is 4.21. The molecule has 0 saturated heterocycles. The summed E-state index contributed by atoms with van der Waals surface area (Å²) < 4.78 is 0. The molecule has 32 heavy (non-hydrogen) atoms. The minimum Gasteiger partial charge on any atom is -0.354 e. The van der Waals surface area contributed by atoms with Crippen molar-refractivity contribution in [3.05, 3.63) is 0 Å². The van der Waals surface area contributed by atoms with Crippen LogP contribution in [0.1, 0.15) is 41.5 Å². The van der Waals surface area contributed by atoms with Crippen LogP contribution in [0.2, 0.25) is 0 Å². The average molecular weight is 517 g/mol. The Balaban J connectivity index is 2.06. The van der Waals surface area contributed by atoms with Gasteiger partial charge in [0.1, 0.15) is 0 Å². The fourth-order valence-corrected chi connectivity index (χ4v) is 7.36. The molecule has 0 aromatic carbocycles. The van der Waals surface area contributed by atoms with Crippen molar-refractivity contribution in [3.63, 3.8) is 0 Å². The topological polar surface area (TPSA) is 108 Å². The molecule has 0 fully saturated rings. The van der Waals surface area contributed by atoms with E-state index in [2.05, 4.69) is 78.0 Å². The van der Waals surface area contributed by atoms with Gasteiger partial charge in [-0.25, -0.2) is 0 Å². The molecule has 0 atom stereocenters. The third-order valence-corrected chi connectivity index (χ3v) is 9.76. The van der Waals surface area contributed by atoms with Gasteiger partial charge in [-0.1, -0.05) is 0 Å². The lowest BCUT2D eigenvalue weighted by Gasteiger charge is -2.19. The molecule has 2 heterocycles. The van der Waals surface area contributed by atoms with Crippen LogP contribution < -0.4 is 20.4 Å². The Bertz CT molecular complexity index is 753. The van der Waals surface area contributed by atoms with Gasteiger partial charge >= 0.3 is 0 Å². The molecule has 0 bridgehead atoms. The molecule has 0 spiro atoms. The zero-order chi connectivity index (χ0) is 23.3. The summed E-state index contributed by atoms with van der Waals surface area (Å²) >= 11 is 0. The molecular weight excluding hydrogens is 485 g/mol. The zero-order valence-corrected chi connectivity index (χ0v) is 22.7. The predicted octanol–water partition coefficient (Wildman–Crippen LogP) is 4.71. The molecule has 0 aliphatic heterocycles. The lowest BCUT2D eigenvalue weighted by atomic mass is 10.5. The summed E-state index contributed by atoms with van der Waals surface area (Å²) in [7, 11) is 6.14. The summed E-state index contributed by atoms with van der Waals surface area (Å²) in [4.78, 5) is 31.6. The van der Waals surface area contributed by atoms with E-state index in [1.807, 2.05) is 13.8 Å². The van der Waals surface area contributed by atoms with Crippen molar-refractivity contribution in [2.75, 3.05) is 59.7 Å². The number of nitrogens with zero attached hydrogens (tertiary/aromatic N) is 8. The second-order valence-electron chi connectivity index (χ2n) is 6.19. The van der Waals surface area contributed by atoms with Crippen molar-refractivity contribution in [3.8, 4) is 0 Å². The molecule has 0 radical (unpaired) electrons. The van der Waals surface area contributed by atoms with E-state index in [0.29, 0.717) is 34.1 Å². The van der Waals surface area contributed by atoms with E-state index in [9.17, 15) is 0 Å². The lowest BCUT2D eigenvalue weighted by Crippen LogP contribution is -2.25. The van der Waals surface area contributed by atoms with Gasteiger partial charge < -0.3 is 20.4 Å². The molecule has 0 unspecified atom stereocenters. The highest BCUT2D eigenvalue weighted by atomic mass is 33.7. The van der Waals surface area contributed by atoms with Crippen LogP contribution in [-0.2, 0) is 0 Å². The Morgan fingerprint density at radius 2 is 0.938 bits per heavy atom. The van der Waals surface area contributed by atoms with Crippen LogP contribution in [0.5, 0.6) is 0 Å². The van der Waals surface area contributed by atoms with Crippen LogP contribution in [0.3, 0.4) is 0 Å². The van der Waals surface area contributed by atoms with Crippen molar-refractivity contribution in [2.45, 2.75) is 51.9 Å². The second-order valence-corrected chi connectivity index (χ2v) is 11.8. The maximum atomic E-state index is 4.63. The number of rotatable bonds is 15. The molecule has 2 aromatic heterocycles. The van der Waals surface area contributed by atoms with Gasteiger partial charge in [-0.3, -0.25) is 0 Å². The summed E-state index contributed by atoms with van der Waals surface area (Å²) in [6, 6.07) is 0. The summed E-state index contributed by atoms with van der Waals surface area (Å²) in [6.45, 7) is 17.3. The largest absolute Gasteiger partial charge is 0.354 e. The summed E-state index contributed by atoms with van der Waals surface area (Å²) in [5.74, 6) is 2.58. The molecule has 178 valence electrons. The van der Waals surface area contributed by atoms with E-state index in [1.165, 1.54) is 21.6 Å². The molecule has 2 N–H and O–H groups in total. The van der Waals surface area contributed by atoms with Crippen LogP contribution in [0.25, 0.3) is 0 Å². The fourth-order valence-electron chi connectivity index (χ4n) is 2.62. The Kier molecular flexibility index (Phi) is 12.3. The number of hydrogen-bond donors (Lipinski definition) is 2. The van der Waals surface area contributed by atoms with Crippen molar-refractivity contribution >= 4 is 65.0 Å². The van der Waals surface area contributed by atoms with Crippen LogP contribution >= 0.6 is 41.2 Å². The molecule has 0 aliphatic carbocycles. The molecule has 10 nitrogen and oxygen atoms in total. The van der Waals surface area contributed by atoms with E-state index in [-0.39, 0.29) is 0 Å². The van der Waals surface area contributed by atoms with Crippen LogP contribution in [-0.4, -0.2) is 69.2 Å². The first-order valence-corrected chi connectivity index (χ1v) is 15.6. The van der Waals surface area contributed by atoms with Gasteiger partial charge in [0.05, 0.1) is 0 Å². The number of anilines is 4. The van der Waals surface area contributed by atoms with E-state index >= 15 is 0 Å². The quantitative estimate of drug-likeness (QED) is 0.252. The Labute approximate surface area is 205 Å². The van der Waals surface area contributed by atoms with Gasteiger partial charge in [-0.05, 0) is 82.8 Å². The number of hydrogen-bond acceptors (Lipinski definition) is 14. The first kappa shape index (κ1) is 26.9. The summed E-state index contributed by atoms with van der Waals surface area (Å²) in [5.41, 5.74) is 0. The minimum atomic E-state index is 0.599. The molecule has 14 heteroatoms. The first-order chi connectivity index (χ1) is 15.6.